The highest BCUT2D eigenvalue weighted by molar-refractivity contribution is 7.89. The molecule has 1 aromatic carbocycles. The molecule has 0 radical (unpaired) electrons. The van der Waals surface area contributed by atoms with Gasteiger partial charge in [0.2, 0.25) is 0 Å². The zero-order valence-electron chi connectivity index (χ0n) is 7.07. The fourth-order valence-electron chi connectivity index (χ4n) is 0.879. The van der Waals surface area contributed by atoms with Gasteiger partial charge in [-0.1, -0.05) is 34.0 Å². The van der Waals surface area contributed by atoms with Gasteiger partial charge in [0.05, 0.1) is 8.88 Å². The van der Waals surface area contributed by atoms with E-state index in [0.717, 1.165) is 5.75 Å². The molecule has 1 heterocycles. The first-order chi connectivity index (χ1) is 6.86. The highest BCUT2D eigenvalue weighted by atomic mass is 35.7. The third-order valence-electron chi connectivity index (χ3n) is 1.46. The average molecular weight is 268 g/mol. The van der Waals surface area contributed by atoms with Gasteiger partial charge < -0.3 is 4.84 Å². The van der Waals surface area contributed by atoms with Gasteiger partial charge in [0.15, 0.2) is 7.58 Å². The first-order valence-corrected chi connectivity index (χ1v) is 8.01. The molecule has 0 bridgehead atoms. The smallest absolute Gasteiger partial charge is 0.183 e. The Morgan fingerprint density at radius 3 is 2.86 bits per heavy atom. The molecule has 0 amide bonds. The van der Waals surface area contributed by atoms with E-state index in [1.165, 1.54) is 0 Å². The molecule has 1 saturated heterocycles. The van der Waals surface area contributed by atoms with E-state index in [1.807, 2.05) is 30.3 Å². The van der Waals surface area contributed by atoms with Gasteiger partial charge in [0, 0.05) is 8.88 Å². The summed E-state index contributed by atoms with van der Waals surface area (Å²) in [6, 6.07) is 9.62. The van der Waals surface area contributed by atoms with Crippen molar-refractivity contribution < 1.29 is 4.84 Å². The number of rotatable bonds is 2. The molecule has 0 saturated carbocycles. The molecule has 1 fully saturated rings. The Hall–Kier alpha value is 0.480. The third-order valence-corrected chi connectivity index (χ3v) is 6.73. The highest BCUT2D eigenvalue weighted by Gasteiger charge is 2.22. The Kier molecular flexibility index (Phi) is 4.34. The molecule has 8 heteroatoms. The van der Waals surface area contributed by atoms with Crippen molar-refractivity contribution in [3.63, 3.8) is 0 Å². The number of benzene rings is 1. The van der Waals surface area contributed by atoms with Crippen molar-refractivity contribution in [3.8, 4) is 5.75 Å². The van der Waals surface area contributed by atoms with E-state index in [2.05, 4.69) is 9.72 Å². The molecule has 1 aromatic rings. The molecule has 2 rings (SSSR count). The normalized spacial score (nSPS) is 26.8. The van der Waals surface area contributed by atoms with Crippen LogP contribution in [0.2, 0.25) is 0 Å². The standard InChI is InChI=1S/C6H9ClN3OP3/c7-14-9-12-8-13-10(14)11-6-4-2-1-3-5-6/h1-5,8-9,12-13H. The van der Waals surface area contributed by atoms with E-state index < -0.39 is 7.58 Å². The molecule has 14 heavy (non-hydrogen) atoms. The molecule has 0 aliphatic carbocycles. The first kappa shape index (κ1) is 11.0. The van der Waals surface area contributed by atoms with Gasteiger partial charge in [0.25, 0.3) is 0 Å². The van der Waals surface area contributed by atoms with Crippen LogP contribution in [0.4, 0.5) is 0 Å². The summed E-state index contributed by atoms with van der Waals surface area (Å²) in [4.78, 5) is 11.9. The largest absolute Gasteiger partial charge is 0.395 e. The average Bonchev–Trinajstić information content (AvgIpc) is 2.23. The van der Waals surface area contributed by atoms with Gasteiger partial charge in [-0.2, -0.15) is 0 Å². The zero-order chi connectivity index (χ0) is 9.80. The van der Waals surface area contributed by atoms with Crippen LogP contribution in [-0.4, -0.2) is 4.60 Å². The van der Waals surface area contributed by atoms with Gasteiger partial charge >= 0.3 is 0 Å². The summed E-state index contributed by atoms with van der Waals surface area (Å²) in [6.45, 7) is 0. The van der Waals surface area contributed by atoms with Crippen LogP contribution >= 0.6 is 36.6 Å². The summed E-state index contributed by atoms with van der Waals surface area (Å²) in [7, 11) is 0.0395. The highest BCUT2D eigenvalue weighted by Crippen LogP contribution is 2.53. The summed E-state index contributed by atoms with van der Waals surface area (Å²) in [5.41, 5.74) is 0. The van der Waals surface area contributed by atoms with Gasteiger partial charge in [-0.25, -0.2) is 4.86 Å². The van der Waals surface area contributed by atoms with Gasteiger partial charge in [-0.3, -0.25) is 4.86 Å². The predicted octanol–water partition coefficient (Wildman–Crippen LogP) is 2.96. The minimum absolute atomic E-state index is 0.406. The third kappa shape index (κ3) is 2.98. The van der Waals surface area contributed by atoms with Crippen molar-refractivity contribution in [1.82, 2.24) is 14.3 Å². The quantitative estimate of drug-likeness (QED) is 0.808. The number of halogens is 1. The minimum Gasteiger partial charge on any atom is -0.395 e. The Morgan fingerprint density at radius 2 is 2.14 bits per heavy atom. The second kappa shape index (κ2) is 5.53. The summed E-state index contributed by atoms with van der Waals surface area (Å²) < 4.78 is 1.74. The fraction of sp³-hybridized carbons (Fsp3) is 0. The molecule has 3 unspecified atom stereocenters. The van der Waals surface area contributed by atoms with Crippen LogP contribution in [0.25, 0.3) is 0 Å². The molecular formula is C6H9ClN3OP3. The second-order valence-corrected chi connectivity index (χ2v) is 7.41. The molecular weight excluding hydrogens is 258 g/mol. The zero-order valence-corrected chi connectivity index (χ0v) is 10.7. The summed E-state index contributed by atoms with van der Waals surface area (Å²) >= 11 is 6.06. The fourth-order valence-corrected chi connectivity index (χ4v) is 5.33. The predicted molar refractivity (Wildman–Crippen MR) is 64.6 cm³/mol. The van der Waals surface area contributed by atoms with Crippen molar-refractivity contribution in [3.05, 3.63) is 30.3 Å². The van der Waals surface area contributed by atoms with Crippen molar-refractivity contribution in [2.75, 3.05) is 0 Å². The maximum absolute atomic E-state index is 6.06. The Balaban J connectivity index is 1.96. The lowest BCUT2D eigenvalue weighted by molar-refractivity contribution is 0.145. The molecule has 0 spiro atoms. The SMILES string of the molecule is ClP1NPNPN1Oc1ccccc1. The lowest BCUT2D eigenvalue weighted by Crippen LogP contribution is -2.22. The van der Waals surface area contributed by atoms with E-state index in [9.17, 15) is 0 Å². The van der Waals surface area contributed by atoms with Crippen LogP contribution in [0.3, 0.4) is 0 Å². The lowest BCUT2D eigenvalue weighted by atomic mass is 10.3. The van der Waals surface area contributed by atoms with Crippen LogP contribution in [0.5, 0.6) is 5.75 Å². The van der Waals surface area contributed by atoms with E-state index in [0.29, 0.717) is 17.8 Å². The molecule has 1 aliphatic heterocycles. The Bertz CT molecular complexity index is 291. The maximum atomic E-state index is 6.06. The van der Waals surface area contributed by atoms with Crippen LogP contribution in [0.15, 0.2) is 30.3 Å². The summed E-state index contributed by atoms with van der Waals surface area (Å²) in [5, 5.41) is 0. The second-order valence-electron chi connectivity index (χ2n) is 2.41. The van der Waals surface area contributed by atoms with E-state index >= 15 is 0 Å². The Labute approximate surface area is 92.1 Å². The van der Waals surface area contributed by atoms with Gasteiger partial charge in [-0.05, 0) is 12.1 Å². The van der Waals surface area contributed by atoms with E-state index in [-0.39, 0.29) is 0 Å². The first-order valence-electron chi connectivity index (χ1n) is 3.86. The number of nitrogens with zero attached hydrogens (tertiary/aromatic N) is 1. The van der Waals surface area contributed by atoms with Crippen LogP contribution in [0, 0.1) is 0 Å². The monoisotopic (exact) mass is 267 g/mol. The number of hydrogen-bond acceptors (Lipinski definition) is 4. The molecule has 3 atom stereocenters. The number of para-hydroxylation sites is 1. The molecule has 0 aromatic heterocycles. The van der Waals surface area contributed by atoms with Gasteiger partial charge in [0.1, 0.15) is 5.75 Å². The summed E-state index contributed by atoms with van der Waals surface area (Å²) in [5.74, 6) is 0.807. The minimum atomic E-state index is -0.883. The van der Waals surface area contributed by atoms with E-state index in [1.54, 1.807) is 4.60 Å². The molecule has 76 valence electrons. The molecule has 2 N–H and O–H groups in total. The van der Waals surface area contributed by atoms with Crippen LogP contribution in [0.1, 0.15) is 0 Å². The van der Waals surface area contributed by atoms with E-state index in [4.69, 9.17) is 16.1 Å². The van der Waals surface area contributed by atoms with Crippen molar-refractivity contribution in [2.24, 2.45) is 0 Å². The van der Waals surface area contributed by atoms with Crippen molar-refractivity contribution in [1.29, 1.82) is 0 Å². The topological polar surface area (TPSA) is 36.5 Å². The number of hydrogen-bond donors (Lipinski definition) is 2. The summed E-state index contributed by atoms with van der Waals surface area (Å²) in [6.07, 6.45) is 0. The molecule has 1 aliphatic rings. The van der Waals surface area contributed by atoms with Crippen LogP contribution in [-0.2, 0) is 0 Å². The van der Waals surface area contributed by atoms with Gasteiger partial charge in [-0.15, -0.1) is 0 Å². The maximum Gasteiger partial charge on any atom is 0.183 e. The molecule has 4 nitrogen and oxygen atoms in total. The van der Waals surface area contributed by atoms with Crippen LogP contribution < -0.4 is 14.6 Å². The number of nitrogens with one attached hydrogen (secondary N) is 2. The lowest BCUT2D eigenvalue weighted by Gasteiger charge is -2.30. The van der Waals surface area contributed by atoms with Crippen molar-refractivity contribution >= 4 is 36.6 Å². The van der Waals surface area contributed by atoms with Crippen molar-refractivity contribution in [2.45, 2.75) is 0 Å². The Morgan fingerprint density at radius 1 is 1.36 bits per heavy atom.